The quantitative estimate of drug-likeness (QED) is 0.631. The number of carbonyl (C=O) groups excluding carboxylic acids is 1. The van der Waals surface area contributed by atoms with E-state index in [1.54, 1.807) is 12.1 Å². The number of nitro benzene ring substituents is 1. The molecule has 3 N–H and O–H groups in total. The van der Waals surface area contributed by atoms with Gasteiger partial charge in [-0.2, -0.15) is 5.26 Å². The number of benzene rings is 1. The number of Topliss-reactive ketones (excluding diaryl/α,β-unsaturated/α-hetero) is 1. The summed E-state index contributed by atoms with van der Waals surface area (Å²) in [5.41, 5.74) is 7.66. The summed E-state index contributed by atoms with van der Waals surface area (Å²) < 4.78 is 0. The summed E-state index contributed by atoms with van der Waals surface area (Å²) in [5, 5.41) is 23.7. The summed E-state index contributed by atoms with van der Waals surface area (Å²) in [7, 11) is 0. The molecule has 128 valence electrons. The normalized spacial score (nSPS) is 22.1. The van der Waals surface area contributed by atoms with Crippen molar-refractivity contribution in [1.82, 2.24) is 5.32 Å². The van der Waals surface area contributed by atoms with Crippen LogP contribution in [0.1, 0.15) is 38.2 Å². The van der Waals surface area contributed by atoms with E-state index in [-0.39, 0.29) is 28.3 Å². The van der Waals surface area contributed by atoms with Gasteiger partial charge >= 0.3 is 0 Å². The number of nitrogens with zero attached hydrogens (tertiary/aromatic N) is 2. The number of rotatable bonds is 2. The van der Waals surface area contributed by atoms with E-state index in [2.05, 4.69) is 11.4 Å². The maximum absolute atomic E-state index is 12.8. The van der Waals surface area contributed by atoms with Crippen molar-refractivity contribution < 1.29 is 9.72 Å². The van der Waals surface area contributed by atoms with Gasteiger partial charge in [-0.15, -0.1) is 0 Å². The highest BCUT2D eigenvalue weighted by Crippen LogP contribution is 2.46. The van der Waals surface area contributed by atoms with Crippen LogP contribution in [0.15, 0.2) is 46.9 Å². The molecule has 7 nitrogen and oxygen atoms in total. The summed E-state index contributed by atoms with van der Waals surface area (Å²) in [6, 6.07) is 8.08. The zero-order valence-electron chi connectivity index (χ0n) is 14.0. The van der Waals surface area contributed by atoms with E-state index in [1.165, 1.54) is 12.1 Å². The van der Waals surface area contributed by atoms with E-state index in [1.807, 2.05) is 13.8 Å². The molecule has 1 heterocycles. The fourth-order valence-electron chi connectivity index (χ4n) is 3.59. The molecule has 7 heteroatoms. The first-order valence-corrected chi connectivity index (χ1v) is 7.91. The lowest BCUT2D eigenvalue weighted by Crippen LogP contribution is -2.39. The number of hydrogen-bond donors (Lipinski definition) is 2. The molecule has 1 aromatic carbocycles. The molecule has 0 fully saturated rings. The molecule has 3 rings (SSSR count). The van der Waals surface area contributed by atoms with Gasteiger partial charge in [-0.3, -0.25) is 14.9 Å². The van der Waals surface area contributed by atoms with Crippen LogP contribution in [0.2, 0.25) is 0 Å². The van der Waals surface area contributed by atoms with Crippen molar-refractivity contribution in [3.63, 3.8) is 0 Å². The van der Waals surface area contributed by atoms with E-state index in [0.29, 0.717) is 29.7 Å². The molecule has 2 aliphatic rings. The third-order valence-corrected chi connectivity index (χ3v) is 4.61. The van der Waals surface area contributed by atoms with Gasteiger partial charge < -0.3 is 11.1 Å². The minimum absolute atomic E-state index is 0.0597. The van der Waals surface area contributed by atoms with Crippen molar-refractivity contribution in [1.29, 1.82) is 5.26 Å². The second kappa shape index (κ2) is 5.74. The monoisotopic (exact) mass is 338 g/mol. The molecular formula is C18H18N4O3. The average molecular weight is 338 g/mol. The molecule has 1 aliphatic carbocycles. The summed E-state index contributed by atoms with van der Waals surface area (Å²) in [6.07, 6.45) is 0.983. The average Bonchev–Trinajstić information content (AvgIpc) is 2.52. The standard InChI is InChI=1S/C18H18N4O3/c1-18(2)7-13-16(14(23)8-18)15(12(9-19)17(20)21-13)10-4-3-5-11(6-10)22(24)25/h3-6,15,21H,7-8,20H2,1-2H3. The van der Waals surface area contributed by atoms with Crippen LogP contribution in [0.5, 0.6) is 0 Å². The molecule has 1 aliphatic heterocycles. The van der Waals surface area contributed by atoms with E-state index in [0.717, 1.165) is 0 Å². The third kappa shape index (κ3) is 2.87. The largest absolute Gasteiger partial charge is 0.384 e. The Morgan fingerprint density at radius 1 is 1.40 bits per heavy atom. The van der Waals surface area contributed by atoms with Crippen molar-refractivity contribution in [3.05, 3.63) is 62.6 Å². The van der Waals surface area contributed by atoms with E-state index >= 15 is 0 Å². The minimum atomic E-state index is -0.676. The van der Waals surface area contributed by atoms with E-state index in [4.69, 9.17) is 5.73 Å². The van der Waals surface area contributed by atoms with Gasteiger partial charge in [-0.05, 0) is 17.4 Å². The number of nitrogens with one attached hydrogen (secondary N) is 1. The number of hydrogen-bond acceptors (Lipinski definition) is 6. The molecule has 0 spiro atoms. The highest BCUT2D eigenvalue weighted by Gasteiger charge is 2.41. The molecule has 1 atom stereocenters. The van der Waals surface area contributed by atoms with Crippen molar-refractivity contribution in [3.8, 4) is 6.07 Å². The summed E-state index contributed by atoms with van der Waals surface area (Å²) in [4.78, 5) is 23.4. The highest BCUT2D eigenvalue weighted by molar-refractivity contribution is 6.00. The molecule has 0 aromatic heterocycles. The third-order valence-electron chi connectivity index (χ3n) is 4.61. The number of nitrogens with two attached hydrogens (primary N) is 1. The maximum atomic E-state index is 12.8. The lowest BCUT2D eigenvalue weighted by Gasteiger charge is -2.38. The van der Waals surface area contributed by atoms with Crippen LogP contribution in [0.3, 0.4) is 0 Å². The fourth-order valence-corrected chi connectivity index (χ4v) is 3.59. The first-order chi connectivity index (χ1) is 11.7. The van der Waals surface area contributed by atoms with Crippen LogP contribution in [-0.2, 0) is 4.79 Å². The summed E-state index contributed by atoms with van der Waals surface area (Å²) in [6.45, 7) is 4.00. The first-order valence-electron chi connectivity index (χ1n) is 7.91. The van der Waals surface area contributed by atoms with Crippen LogP contribution in [-0.4, -0.2) is 10.7 Å². The minimum Gasteiger partial charge on any atom is -0.384 e. The zero-order chi connectivity index (χ0) is 18.4. The van der Waals surface area contributed by atoms with E-state index in [9.17, 15) is 20.2 Å². The van der Waals surface area contributed by atoms with Gasteiger partial charge in [-0.25, -0.2) is 0 Å². The second-order valence-electron chi connectivity index (χ2n) is 7.18. The van der Waals surface area contributed by atoms with Gasteiger partial charge in [0.1, 0.15) is 5.82 Å². The van der Waals surface area contributed by atoms with Crippen LogP contribution in [0, 0.1) is 26.9 Å². The lowest BCUT2D eigenvalue weighted by molar-refractivity contribution is -0.384. The Kier molecular flexibility index (Phi) is 3.84. The molecule has 0 saturated carbocycles. The van der Waals surface area contributed by atoms with Gasteiger partial charge in [-0.1, -0.05) is 26.0 Å². The predicted octanol–water partition coefficient (Wildman–Crippen LogP) is 2.62. The first kappa shape index (κ1) is 16.7. The Morgan fingerprint density at radius 2 is 2.12 bits per heavy atom. The van der Waals surface area contributed by atoms with E-state index < -0.39 is 10.8 Å². The number of allylic oxidation sites excluding steroid dienone is 3. The Labute approximate surface area is 145 Å². The smallest absolute Gasteiger partial charge is 0.269 e. The van der Waals surface area contributed by atoms with Crippen molar-refractivity contribution in [2.45, 2.75) is 32.6 Å². The molecule has 25 heavy (non-hydrogen) atoms. The predicted molar refractivity (Wildman–Crippen MR) is 90.8 cm³/mol. The number of dihydropyridines is 1. The molecule has 0 amide bonds. The Hall–Kier alpha value is -3.14. The van der Waals surface area contributed by atoms with Crippen LogP contribution < -0.4 is 11.1 Å². The number of nitriles is 1. The summed E-state index contributed by atoms with van der Waals surface area (Å²) >= 11 is 0. The Bertz CT molecular complexity index is 890. The second-order valence-corrected chi connectivity index (χ2v) is 7.18. The SMILES string of the molecule is CC1(C)CC(=O)C2=C(C1)NC(N)=C(C#N)C2c1cccc([N+](=O)[O-])c1. The van der Waals surface area contributed by atoms with Gasteiger partial charge in [0.15, 0.2) is 5.78 Å². The van der Waals surface area contributed by atoms with Crippen LogP contribution in [0.25, 0.3) is 0 Å². The van der Waals surface area contributed by atoms with Gasteiger partial charge in [0.25, 0.3) is 5.69 Å². The molecule has 0 bridgehead atoms. The van der Waals surface area contributed by atoms with Gasteiger partial charge in [0.2, 0.25) is 0 Å². The number of nitro groups is 1. The van der Waals surface area contributed by atoms with Crippen molar-refractivity contribution >= 4 is 11.5 Å². The maximum Gasteiger partial charge on any atom is 0.269 e. The topological polar surface area (TPSA) is 122 Å². The number of non-ortho nitro benzene ring substituents is 1. The lowest BCUT2D eigenvalue weighted by atomic mass is 9.69. The van der Waals surface area contributed by atoms with Gasteiger partial charge in [0, 0.05) is 29.8 Å². The molecule has 1 aromatic rings. The molecule has 0 saturated heterocycles. The number of carbonyl (C=O) groups is 1. The molecular weight excluding hydrogens is 320 g/mol. The summed E-state index contributed by atoms with van der Waals surface area (Å²) in [5.74, 6) is -0.538. The van der Waals surface area contributed by atoms with Crippen LogP contribution >= 0.6 is 0 Å². The zero-order valence-corrected chi connectivity index (χ0v) is 14.0. The number of ketones is 1. The van der Waals surface area contributed by atoms with Crippen molar-refractivity contribution in [2.24, 2.45) is 11.1 Å². The fraction of sp³-hybridized carbons (Fsp3) is 0.333. The Balaban J connectivity index is 2.20. The van der Waals surface area contributed by atoms with Gasteiger partial charge in [0.05, 0.1) is 22.5 Å². The molecule has 0 radical (unpaired) electrons. The van der Waals surface area contributed by atoms with Crippen molar-refractivity contribution in [2.75, 3.05) is 0 Å². The molecule has 1 unspecified atom stereocenters. The van der Waals surface area contributed by atoms with Crippen LogP contribution in [0.4, 0.5) is 5.69 Å². The Morgan fingerprint density at radius 3 is 2.76 bits per heavy atom. The highest BCUT2D eigenvalue weighted by atomic mass is 16.6.